The molecule has 0 saturated heterocycles. The van der Waals surface area contributed by atoms with E-state index >= 15 is 0 Å². The summed E-state index contributed by atoms with van der Waals surface area (Å²) in [5.41, 5.74) is 4.53. The molecule has 4 rings (SSSR count). The van der Waals surface area contributed by atoms with Crippen molar-refractivity contribution in [2.24, 2.45) is 0 Å². The molecule has 1 atom stereocenters. The quantitative estimate of drug-likeness (QED) is 0.480. The number of para-hydroxylation sites is 1. The van der Waals surface area contributed by atoms with Gasteiger partial charge in [0.2, 0.25) is 11.8 Å². The van der Waals surface area contributed by atoms with Crippen molar-refractivity contribution in [3.05, 3.63) is 84.1 Å². The van der Waals surface area contributed by atoms with Gasteiger partial charge in [-0.05, 0) is 23.6 Å². The molecule has 0 saturated carbocycles. The number of hydrogen-bond acceptors (Lipinski definition) is 4. The predicted molar refractivity (Wildman–Crippen MR) is 112 cm³/mol. The first kappa shape index (κ1) is 17.9. The Balaban J connectivity index is 1.69. The van der Waals surface area contributed by atoms with Crippen LogP contribution in [0.25, 0.3) is 10.9 Å². The average molecular weight is 373 g/mol. The fourth-order valence-corrected chi connectivity index (χ4v) is 3.43. The Bertz CT molecular complexity index is 1040. The molecule has 0 amide bonds. The summed E-state index contributed by atoms with van der Waals surface area (Å²) in [6.45, 7) is 0. The largest absolute Gasteiger partial charge is 0.481 e. The number of aromatic amines is 1. The van der Waals surface area contributed by atoms with Crippen molar-refractivity contribution in [1.82, 2.24) is 9.97 Å². The van der Waals surface area contributed by atoms with Crippen molar-refractivity contribution in [2.45, 2.75) is 12.5 Å². The standard InChI is InChI=1S/C23H23N3O2/c1-27-22-13-18(14-23(26-22)28-2)25-21(16-8-4-3-5-9-16)12-17-15-24-20-11-7-6-10-19(17)20/h3-11,13-15,21,24H,12H2,1-2H3,(H,25,26). The number of nitrogens with one attached hydrogen (secondary N) is 2. The number of anilines is 1. The zero-order valence-corrected chi connectivity index (χ0v) is 16.0. The zero-order valence-electron chi connectivity index (χ0n) is 16.0. The van der Waals surface area contributed by atoms with Gasteiger partial charge in [-0.15, -0.1) is 0 Å². The highest BCUT2D eigenvalue weighted by Gasteiger charge is 2.16. The lowest BCUT2D eigenvalue weighted by Gasteiger charge is -2.21. The fraction of sp³-hybridized carbons (Fsp3) is 0.174. The Morgan fingerprint density at radius 2 is 1.61 bits per heavy atom. The highest BCUT2D eigenvalue weighted by Crippen LogP contribution is 2.30. The van der Waals surface area contributed by atoms with Crippen molar-refractivity contribution in [1.29, 1.82) is 0 Å². The average Bonchev–Trinajstić information content (AvgIpc) is 3.16. The van der Waals surface area contributed by atoms with Gasteiger partial charge in [0.1, 0.15) is 0 Å². The van der Waals surface area contributed by atoms with Gasteiger partial charge < -0.3 is 19.8 Å². The molecule has 2 heterocycles. The van der Waals surface area contributed by atoms with Crippen molar-refractivity contribution in [3.8, 4) is 11.8 Å². The van der Waals surface area contributed by atoms with E-state index in [-0.39, 0.29) is 6.04 Å². The second kappa shape index (κ2) is 8.05. The first-order valence-electron chi connectivity index (χ1n) is 9.23. The van der Waals surface area contributed by atoms with Crippen LogP contribution in [0.15, 0.2) is 72.9 Å². The maximum Gasteiger partial charge on any atom is 0.218 e. The molecule has 0 aliphatic rings. The smallest absolute Gasteiger partial charge is 0.218 e. The van der Waals surface area contributed by atoms with Gasteiger partial charge in [-0.3, -0.25) is 0 Å². The summed E-state index contributed by atoms with van der Waals surface area (Å²) in [6, 6.07) is 22.7. The van der Waals surface area contributed by atoms with E-state index in [4.69, 9.17) is 9.47 Å². The lowest BCUT2D eigenvalue weighted by Crippen LogP contribution is -2.14. The number of methoxy groups -OCH3 is 2. The maximum absolute atomic E-state index is 5.31. The topological polar surface area (TPSA) is 59.2 Å². The third-order valence-electron chi connectivity index (χ3n) is 4.84. The molecule has 0 spiro atoms. The molecule has 0 radical (unpaired) electrons. The Kier molecular flexibility index (Phi) is 5.15. The summed E-state index contributed by atoms with van der Waals surface area (Å²) in [6.07, 6.45) is 2.93. The highest BCUT2D eigenvalue weighted by molar-refractivity contribution is 5.83. The second-order valence-electron chi connectivity index (χ2n) is 6.61. The van der Waals surface area contributed by atoms with E-state index < -0.39 is 0 Å². The number of H-pyrrole nitrogens is 1. The summed E-state index contributed by atoms with van der Waals surface area (Å²) in [7, 11) is 3.21. The first-order valence-corrected chi connectivity index (χ1v) is 9.23. The van der Waals surface area contributed by atoms with E-state index in [1.165, 1.54) is 16.5 Å². The Hall–Kier alpha value is -3.47. The number of rotatable bonds is 7. The van der Waals surface area contributed by atoms with E-state index in [1.807, 2.05) is 24.3 Å². The molecule has 142 valence electrons. The number of hydrogen-bond donors (Lipinski definition) is 2. The van der Waals surface area contributed by atoms with Gasteiger partial charge in [0, 0.05) is 34.9 Å². The monoisotopic (exact) mass is 373 g/mol. The molecule has 0 fully saturated rings. The van der Waals surface area contributed by atoms with Gasteiger partial charge >= 0.3 is 0 Å². The van der Waals surface area contributed by atoms with Crippen LogP contribution in [0, 0.1) is 0 Å². The number of aromatic nitrogens is 2. The Morgan fingerprint density at radius 3 is 2.32 bits per heavy atom. The van der Waals surface area contributed by atoms with Crippen molar-refractivity contribution >= 4 is 16.6 Å². The van der Waals surface area contributed by atoms with Crippen LogP contribution < -0.4 is 14.8 Å². The highest BCUT2D eigenvalue weighted by atomic mass is 16.5. The fourth-order valence-electron chi connectivity index (χ4n) is 3.43. The van der Waals surface area contributed by atoms with Crippen LogP contribution in [0.5, 0.6) is 11.8 Å². The molecule has 1 unspecified atom stereocenters. The number of pyridine rings is 1. The van der Waals surface area contributed by atoms with Crippen LogP contribution in [0.2, 0.25) is 0 Å². The molecule has 2 aromatic carbocycles. The third kappa shape index (κ3) is 3.78. The zero-order chi connectivity index (χ0) is 19.3. The minimum atomic E-state index is 0.0808. The van der Waals surface area contributed by atoms with Crippen LogP contribution in [-0.4, -0.2) is 24.2 Å². The van der Waals surface area contributed by atoms with E-state index in [0.29, 0.717) is 11.8 Å². The number of fused-ring (bicyclic) bond motifs is 1. The summed E-state index contributed by atoms with van der Waals surface area (Å²) in [4.78, 5) is 7.65. The third-order valence-corrected chi connectivity index (χ3v) is 4.84. The van der Waals surface area contributed by atoms with Crippen molar-refractivity contribution < 1.29 is 9.47 Å². The van der Waals surface area contributed by atoms with Crippen molar-refractivity contribution in [3.63, 3.8) is 0 Å². The summed E-state index contributed by atoms with van der Waals surface area (Å²) < 4.78 is 10.6. The molecular weight excluding hydrogens is 350 g/mol. The molecular formula is C23H23N3O2. The van der Waals surface area contributed by atoms with E-state index in [9.17, 15) is 0 Å². The maximum atomic E-state index is 5.31. The summed E-state index contributed by atoms with van der Waals surface area (Å²) >= 11 is 0. The molecule has 0 bridgehead atoms. The SMILES string of the molecule is COc1cc(NC(Cc2c[nH]c3ccccc23)c2ccccc2)cc(OC)n1. The molecule has 0 aliphatic carbocycles. The number of nitrogens with zero attached hydrogens (tertiary/aromatic N) is 1. The van der Waals surface area contributed by atoms with Gasteiger partial charge in [0.05, 0.1) is 20.3 Å². The molecule has 5 nitrogen and oxygen atoms in total. The minimum absolute atomic E-state index is 0.0808. The molecule has 2 N–H and O–H groups in total. The van der Waals surface area contributed by atoms with Gasteiger partial charge in [-0.2, -0.15) is 4.98 Å². The van der Waals surface area contributed by atoms with E-state index in [0.717, 1.165) is 17.6 Å². The summed E-state index contributed by atoms with van der Waals surface area (Å²) in [5, 5.41) is 4.88. The van der Waals surface area contributed by atoms with Gasteiger partial charge in [-0.1, -0.05) is 48.5 Å². The van der Waals surface area contributed by atoms with Crippen LogP contribution >= 0.6 is 0 Å². The van der Waals surface area contributed by atoms with Crippen molar-refractivity contribution in [2.75, 3.05) is 19.5 Å². The van der Waals surface area contributed by atoms with Gasteiger partial charge in [-0.25, -0.2) is 0 Å². The summed E-state index contributed by atoms with van der Waals surface area (Å²) in [5.74, 6) is 1.03. The second-order valence-corrected chi connectivity index (χ2v) is 6.61. The Morgan fingerprint density at radius 1 is 0.929 bits per heavy atom. The lowest BCUT2D eigenvalue weighted by atomic mass is 9.98. The molecule has 28 heavy (non-hydrogen) atoms. The number of ether oxygens (including phenoxy) is 2. The lowest BCUT2D eigenvalue weighted by molar-refractivity contribution is 0.365. The van der Waals surface area contributed by atoms with E-state index in [2.05, 4.69) is 63.9 Å². The molecule has 4 aromatic rings. The van der Waals surface area contributed by atoms with Crippen LogP contribution in [-0.2, 0) is 6.42 Å². The molecule has 2 aromatic heterocycles. The van der Waals surface area contributed by atoms with E-state index in [1.54, 1.807) is 14.2 Å². The van der Waals surface area contributed by atoms with Gasteiger partial charge in [0.15, 0.2) is 0 Å². The molecule has 5 heteroatoms. The normalized spacial score (nSPS) is 11.9. The van der Waals surface area contributed by atoms with Crippen LogP contribution in [0.1, 0.15) is 17.2 Å². The Labute approximate surface area is 164 Å². The predicted octanol–water partition coefficient (Wildman–Crippen LogP) is 4.98. The molecule has 0 aliphatic heterocycles. The number of benzene rings is 2. The van der Waals surface area contributed by atoms with Crippen LogP contribution in [0.3, 0.4) is 0 Å². The van der Waals surface area contributed by atoms with Gasteiger partial charge in [0.25, 0.3) is 0 Å². The van der Waals surface area contributed by atoms with Crippen LogP contribution in [0.4, 0.5) is 5.69 Å². The first-order chi connectivity index (χ1) is 13.8. The minimum Gasteiger partial charge on any atom is -0.481 e.